The number of carbonyl (C=O) groups excluding carboxylic acids is 1. The molecule has 1 amide bonds. The van der Waals surface area contributed by atoms with Gasteiger partial charge in [-0.1, -0.05) is 0 Å². The first kappa shape index (κ1) is 12.2. The number of aromatic carboxylic acids is 1. The van der Waals surface area contributed by atoms with Gasteiger partial charge in [-0.15, -0.1) is 11.3 Å². The summed E-state index contributed by atoms with van der Waals surface area (Å²) in [5, 5.41) is 14.1. The fraction of sp³-hybridized carbons (Fsp3) is 0.200. The van der Waals surface area contributed by atoms with Crippen molar-refractivity contribution in [3.8, 4) is 0 Å². The molecule has 2 aromatic heterocycles. The number of amides is 1. The van der Waals surface area contributed by atoms with Crippen molar-refractivity contribution in [3.63, 3.8) is 0 Å². The van der Waals surface area contributed by atoms with Crippen molar-refractivity contribution in [2.45, 2.75) is 13.5 Å². The van der Waals surface area contributed by atoms with Gasteiger partial charge in [0.15, 0.2) is 11.4 Å². The molecule has 0 atom stereocenters. The van der Waals surface area contributed by atoms with E-state index in [2.05, 4.69) is 20.3 Å². The smallest absolute Gasteiger partial charge is 0.354 e. The molecule has 0 spiro atoms. The molecule has 0 aliphatic carbocycles. The van der Waals surface area contributed by atoms with Crippen LogP contribution in [0.5, 0.6) is 0 Å². The first-order valence-corrected chi connectivity index (χ1v) is 5.91. The number of hydrogen-bond donors (Lipinski definition) is 3. The zero-order valence-electron chi connectivity index (χ0n) is 9.43. The second-order valence-electron chi connectivity index (χ2n) is 3.47. The minimum Gasteiger partial charge on any atom is -0.477 e. The Kier molecular flexibility index (Phi) is 3.38. The maximum atomic E-state index is 11.7. The molecule has 2 heterocycles. The molecule has 18 heavy (non-hydrogen) atoms. The number of carboxylic acid groups (broad SMARTS) is 1. The number of imidazole rings is 1. The summed E-state index contributed by atoms with van der Waals surface area (Å²) in [6.07, 6.45) is 1.17. The van der Waals surface area contributed by atoms with Crippen LogP contribution in [0.15, 0.2) is 11.7 Å². The van der Waals surface area contributed by atoms with Crippen LogP contribution in [-0.2, 0) is 6.54 Å². The number of carbonyl (C=O) groups is 2. The Bertz CT molecular complexity index is 589. The van der Waals surface area contributed by atoms with Crippen LogP contribution in [0.25, 0.3) is 0 Å². The number of aromatic amines is 1. The molecule has 0 saturated carbocycles. The average molecular weight is 266 g/mol. The quantitative estimate of drug-likeness (QED) is 0.758. The van der Waals surface area contributed by atoms with Crippen LogP contribution in [0.1, 0.15) is 31.7 Å². The summed E-state index contributed by atoms with van der Waals surface area (Å²) < 4.78 is 0. The third kappa shape index (κ3) is 2.54. The summed E-state index contributed by atoms with van der Waals surface area (Å²) >= 11 is 1.48. The fourth-order valence-electron chi connectivity index (χ4n) is 1.37. The van der Waals surface area contributed by atoms with Crippen molar-refractivity contribution in [1.29, 1.82) is 0 Å². The predicted molar refractivity (Wildman–Crippen MR) is 63.6 cm³/mol. The average Bonchev–Trinajstić information content (AvgIpc) is 2.94. The molecule has 0 fully saturated rings. The highest BCUT2D eigenvalue weighted by Gasteiger charge is 2.19. The molecule has 0 aliphatic heterocycles. The molecule has 0 bridgehead atoms. The summed E-state index contributed by atoms with van der Waals surface area (Å²) in [5.41, 5.74) is 0.384. The lowest BCUT2D eigenvalue weighted by molar-refractivity contribution is 0.0685. The molecule has 0 radical (unpaired) electrons. The summed E-state index contributed by atoms with van der Waals surface area (Å²) in [5.74, 6) is -1.76. The number of nitrogens with zero attached hydrogens (tertiary/aromatic N) is 2. The van der Waals surface area contributed by atoms with Gasteiger partial charge < -0.3 is 15.4 Å². The Morgan fingerprint density at radius 3 is 2.94 bits per heavy atom. The minimum atomic E-state index is -1.22. The second-order valence-corrected chi connectivity index (χ2v) is 4.53. The Labute approximate surface area is 106 Å². The standard InChI is InChI=1S/C10H10N4O3S/c1-5-14-6(3-18-5)2-11-9(15)7-8(10(16)17)13-4-12-7/h3-4H,2H2,1H3,(H,11,15)(H,12,13)(H,16,17). The normalized spacial score (nSPS) is 10.3. The van der Waals surface area contributed by atoms with Crippen molar-refractivity contribution in [2.24, 2.45) is 0 Å². The summed E-state index contributed by atoms with van der Waals surface area (Å²) in [4.78, 5) is 32.8. The summed E-state index contributed by atoms with van der Waals surface area (Å²) in [6.45, 7) is 2.11. The highest BCUT2D eigenvalue weighted by Crippen LogP contribution is 2.08. The Balaban J connectivity index is 2.04. The van der Waals surface area contributed by atoms with Gasteiger partial charge in [-0.25, -0.2) is 14.8 Å². The molecule has 2 rings (SSSR count). The molecule has 0 aromatic carbocycles. The highest BCUT2D eigenvalue weighted by atomic mass is 32.1. The molecule has 8 heteroatoms. The third-order valence-electron chi connectivity index (χ3n) is 2.16. The molecule has 0 saturated heterocycles. The molecular formula is C10H10N4O3S. The van der Waals surface area contributed by atoms with Crippen molar-refractivity contribution in [1.82, 2.24) is 20.3 Å². The van der Waals surface area contributed by atoms with Gasteiger partial charge >= 0.3 is 5.97 Å². The van der Waals surface area contributed by atoms with Crippen LogP contribution >= 0.6 is 11.3 Å². The van der Waals surface area contributed by atoms with Gasteiger partial charge in [0.2, 0.25) is 0 Å². The monoisotopic (exact) mass is 266 g/mol. The van der Waals surface area contributed by atoms with Crippen LogP contribution in [0.4, 0.5) is 0 Å². The van der Waals surface area contributed by atoms with Crippen LogP contribution < -0.4 is 5.32 Å². The van der Waals surface area contributed by atoms with Crippen molar-refractivity contribution >= 4 is 23.2 Å². The summed E-state index contributed by atoms with van der Waals surface area (Å²) in [7, 11) is 0. The summed E-state index contributed by atoms with van der Waals surface area (Å²) in [6, 6.07) is 0. The van der Waals surface area contributed by atoms with Gasteiger partial charge in [0, 0.05) is 5.38 Å². The van der Waals surface area contributed by atoms with E-state index in [9.17, 15) is 9.59 Å². The lowest BCUT2D eigenvalue weighted by atomic mass is 10.3. The van der Waals surface area contributed by atoms with Crippen LogP contribution in [0.3, 0.4) is 0 Å². The van der Waals surface area contributed by atoms with Gasteiger partial charge in [0.1, 0.15) is 0 Å². The SMILES string of the molecule is Cc1nc(CNC(=O)c2nc[nH]c2C(=O)O)cs1. The lowest BCUT2D eigenvalue weighted by Crippen LogP contribution is -2.25. The number of nitrogens with one attached hydrogen (secondary N) is 2. The predicted octanol–water partition coefficient (Wildman–Crippen LogP) is 0.803. The van der Waals surface area contributed by atoms with Crippen molar-refractivity contribution in [2.75, 3.05) is 0 Å². The van der Waals surface area contributed by atoms with Gasteiger partial charge in [-0.2, -0.15) is 0 Å². The van der Waals surface area contributed by atoms with Crippen LogP contribution in [-0.4, -0.2) is 31.9 Å². The highest BCUT2D eigenvalue weighted by molar-refractivity contribution is 7.09. The van der Waals surface area contributed by atoms with Gasteiger partial charge in [0.05, 0.1) is 23.6 Å². The molecule has 3 N–H and O–H groups in total. The van der Waals surface area contributed by atoms with Crippen molar-refractivity contribution in [3.05, 3.63) is 33.8 Å². The van der Waals surface area contributed by atoms with E-state index >= 15 is 0 Å². The molecule has 94 valence electrons. The van der Waals surface area contributed by atoms with Gasteiger partial charge in [-0.05, 0) is 6.92 Å². The van der Waals surface area contributed by atoms with E-state index in [1.165, 1.54) is 17.7 Å². The van der Waals surface area contributed by atoms with E-state index in [4.69, 9.17) is 5.11 Å². The zero-order chi connectivity index (χ0) is 13.1. The van der Waals surface area contributed by atoms with E-state index in [1.54, 1.807) is 0 Å². The maximum Gasteiger partial charge on any atom is 0.354 e. The van der Waals surface area contributed by atoms with Gasteiger partial charge in [-0.3, -0.25) is 4.79 Å². The Morgan fingerprint density at radius 1 is 1.56 bits per heavy atom. The number of thiazole rings is 1. The number of carboxylic acids is 1. The first-order chi connectivity index (χ1) is 8.58. The van der Waals surface area contributed by atoms with E-state index in [1.807, 2.05) is 12.3 Å². The fourth-order valence-corrected chi connectivity index (χ4v) is 1.99. The first-order valence-electron chi connectivity index (χ1n) is 5.04. The topological polar surface area (TPSA) is 108 Å². The van der Waals surface area contributed by atoms with Crippen LogP contribution in [0.2, 0.25) is 0 Å². The van der Waals surface area contributed by atoms with E-state index in [0.717, 1.165) is 10.7 Å². The van der Waals surface area contributed by atoms with E-state index in [0.29, 0.717) is 0 Å². The number of rotatable bonds is 4. The zero-order valence-corrected chi connectivity index (χ0v) is 10.2. The molecule has 7 nitrogen and oxygen atoms in total. The lowest BCUT2D eigenvalue weighted by Gasteiger charge is -2.01. The number of aromatic nitrogens is 3. The molecular weight excluding hydrogens is 256 g/mol. The number of H-pyrrole nitrogens is 1. The molecule has 0 aliphatic rings. The number of hydrogen-bond acceptors (Lipinski definition) is 5. The number of aryl methyl sites for hydroxylation is 1. The minimum absolute atomic E-state index is 0.130. The van der Waals surface area contributed by atoms with Crippen molar-refractivity contribution < 1.29 is 14.7 Å². The van der Waals surface area contributed by atoms with Crippen LogP contribution in [0, 0.1) is 6.92 Å². The molecule has 0 unspecified atom stereocenters. The molecule has 2 aromatic rings. The Morgan fingerprint density at radius 2 is 2.33 bits per heavy atom. The maximum absolute atomic E-state index is 11.7. The largest absolute Gasteiger partial charge is 0.477 e. The second kappa shape index (κ2) is 4.96. The Hall–Kier alpha value is -2.22. The van der Waals surface area contributed by atoms with Gasteiger partial charge in [0.25, 0.3) is 5.91 Å². The van der Waals surface area contributed by atoms with E-state index in [-0.39, 0.29) is 17.9 Å². The third-order valence-corrected chi connectivity index (χ3v) is 2.99. The van der Waals surface area contributed by atoms with E-state index < -0.39 is 11.9 Å².